The maximum atomic E-state index is 4.72. The van der Waals surface area contributed by atoms with Crippen molar-refractivity contribution in [1.29, 1.82) is 0 Å². The molecule has 4 bridgehead atoms. The van der Waals surface area contributed by atoms with E-state index in [1.807, 2.05) is 11.3 Å². The van der Waals surface area contributed by atoms with Crippen molar-refractivity contribution < 1.29 is 0 Å². The summed E-state index contributed by atoms with van der Waals surface area (Å²) in [7, 11) is 0. The van der Waals surface area contributed by atoms with E-state index in [4.69, 9.17) is 4.98 Å². The van der Waals surface area contributed by atoms with Crippen LogP contribution in [0.2, 0.25) is 0 Å². The van der Waals surface area contributed by atoms with Gasteiger partial charge < -0.3 is 5.32 Å². The van der Waals surface area contributed by atoms with Crippen molar-refractivity contribution in [2.75, 3.05) is 0 Å². The summed E-state index contributed by atoms with van der Waals surface area (Å²) in [5.41, 5.74) is 2.79. The first-order valence-corrected chi connectivity index (χ1v) is 9.29. The van der Waals surface area contributed by atoms with Crippen LogP contribution in [0, 0.1) is 30.6 Å². The van der Waals surface area contributed by atoms with Crippen molar-refractivity contribution in [3.8, 4) is 0 Å². The molecule has 0 spiro atoms. The van der Waals surface area contributed by atoms with Gasteiger partial charge in [-0.15, -0.1) is 11.3 Å². The lowest BCUT2D eigenvalue weighted by Crippen LogP contribution is -2.63. The molecule has 0 radical (unpaired) electrons. The van der Waals surface area contributed by atoms with Crippen LogP contribution in [0.3, 0.4) is 0 Å². The third-order valence-corrected chi connectivity index (χ3v) is 7.39. The summed E-state index contributed by atoms with van der Waals surface area (Å²) in [6, 6.07) is 0. The highest BCUT2D eigenvalue weighted by Crippen LogP contribution is 2.66. The van der Waals surface area contributed by atoms with E-state index in [1.54, 1.807) is 0 Å². The van der Waals surface area contributed by atoms with Gasteiger partial charge >= 0.3 is 0 Å². The molecule has 0 aromatic carbocycles. The number of nitrogens with zero attached hydrogens (tertiary/aromatic N) is 1. The van der Waals surface area contributed by atoms with Gasteiger partial charge in [0.15, 0.2) is 0 Å². The molecule has 3 heteroatoms. The fourth-order valence-electron chi connectivity index (χ4n) is 6.52. The van der Waals surface area contributed by atoms with E-state index in [2.05, 4.69) is 33.0 Å². The molecule has 4 saturated carbocycles. The van der Waals surface area contributed by atoms with Gasteiger partial charge in [-0.25, -0.2) is 4.98 Å². The molecule has 0 aliphatic heterocycles. The highest BCUT2D eigenvalue weighted by Gasteiger charge is 2.59. The zero-order valence-electron chi connectivity index (χ0n) is 13.9. The highest BCUT2D eigenvalue weighted by atomic mass is 32.1. The third-order valence-electron chi connectivity index (χ3n) is 6.31. The monoisotopic (exact) mass is 304 g/mol. The van der Waals surface area contributed by atoms with E-state index < -0.39 is 0 Å². The van der Waals surface area contributed by atoms with E-state index in [1.165, 1.54) is 54.1 Å². The lowest BCUT2D eigenvalue weighted by molar-refractivity contribution is -0.118. The molecule has 0 amide bonds. The van der Waals surface area contributed by atoms with Crippen molar-refractivity contribution in [3.05, 3.63) is 15.6 Å². The molecular formula is C18H28N2S. The summed E-state index contributed by atoms with van der Waals surface area (Å²) >= 11 is 1.87. The average molecular weight is 305 g/mol. The van der Waals surface area contributed by atoms with Crippen molar-refractivity contribution in [2.45, 2.75) is 78.3 Å². The molecule has 5 rings (SSSR count). The first-order chi connectivity index (χ1) is 9.79. The summed E-state index contributed by atoms with van der Waals surface area (Å²) in [6.07, 6.45) is 8.57. The number of hydrogen-bond donors (Lipinski definition) is 1. The number of rotatable bonds is 3. The fourth-order valence-corrected chi connectivity index (χ4v) is 7.40. The maximum Gasteiger partial charge on any atom is 0.107 e. The van der Waals surface area contributed by atoms with Crippen LogP contribution in [0.25, 0.3) is 0 Å². The Balaban J connectivity index is 1.54. The fraction of sp³-hybridized carbons (Fsp3) is 0.833. The van der Waals surface area contributed by atoms with Crippen molar-refractivity contribution in [2.24, 2.45) is 16.7 Å². The van der Waals surface area contributed by atoms with Crippen molar-refractivity contribution in [1.82, 2.24) is 10.3 Å². The van der Waals surface area contributed by atoms with Crippen LogP contribution >= 0.6 is 11.3 Å². The third kappa shape index (κ3) is 2.37. The normalized spacial score (nSPS) is 44.5. The number of aromatic nitrogens is 1. The van der Waals surface area contributed by atoms with Gasteiger partial charge in [0, 0.05) is 17.0 Å². The molecule has 1 aromatic rings. The zero-order chi connectivity index (χ0) is 14.9. The Morgan fingerprint density at radius 2 is 1.76 bits per heavy atom. The molecule has 0 saturated heterocycles. The minimum Gasteiger partial charge on any atom is -0.305 e. The van der Waals surface area contributed by atoms with Crippen LogP contribution in [0.4, 0.5) is 0 Å². The Morgan fingerprint density at radius 1 is 1.10 bits per heavy atom. The molecule has 4 aliphatic carbocycles. The minimum absolute atomic E-state index is 0.399. The predicted octanol–water partition coefficient (Wildman–Crippen LogP) is 4.60. The van der Waals surface area contributed by atoms with Crippen LogP contribution in [-0.2, 0) is 6.54 Å². The van der Waals surface area contributed by atoms with Crippen LogP contribution in [0.15, 0.2) is 0 Å². The second-order valence-electron chi connectivity index (χ2n) is 9.01. The summed E-state index contributed by atoms with van der Waals surface area (Å²) in [4.78, 5) is 6.09. The van der Waals surface area contributed by atoms with Gasteiger partial charge in [-0.3, -0.25) is 0 Å². The molecule has 1 aromatic heterocycles. The molecule has 1 heterocycles. The van der Waals surface area contributed by atoms with E-state index in [-0.39, 0.29) is 0 Å². The molecule has 2 unspecified atom stereocenters. The van der Waals surface area contributed by atoms with Gasteiger partial charge in [-0.2, -0.15) is 0 Å². The molecule has 4 aliphatic rings. The van der Waals surface area contributed by atoms with Gasteiger partial charge in [-0.05, 0) is 69.1 Å². The van der Waals surface area contributed by atoms with E-state index in [0.717, 1.165) is 12.5 Å². The second-order valence-corrected chi connectivity index (χ2v) is 10.3. The van der Waals surface area contributed by atoms with E-state index >= 15 is 0 Å². The topological polar surface area (TPSA) is 24.9 Å². The lowest BCUT2D eigenvalue weighted by atomic mass is 9.43. The SMILES string of the molecule is Cc1nc(CNC23CC4CC(C)(CC(C)(C4)C2)C3)sc1C. The van der Waals surface area contributed by atoms with Gasteiger partial charge in [0.1, 0.15) is 5.01 Å². The first kappa shape index (κ1) is 14.2. The molecule has 1 N–H and O–H groups in total. The van der Waals surface area contributed by atoms with Crippen molar-refractivity contribution >= 4 is 11.3 Å². The minimum atomic E-state index is 0.399. The highest BCUT2D eigenvalue weighted by molar-refractivity contribution is 7.11. The largest absolute Gasteiger partial charge is 0.305 e. The standard InChI is InChI=1S/C18H28N2S/c1-12-13(2)21-15(20-12)8-19-18-7-14-5-16(3,10-18)9-17(4,6-14)11-18/h14,19H,5-11H2,1-4H3. The molecule has 2 atom stereocenters. The van der Waals surface area contributed by atoms with Gasteiger partial charge in [0.05, 0.1) is 5.69 Å². The Kier molecular flexibility index (Phi) is 2.92. The number of thiazole rings is 1. The summed E-state index contributed by atoms with van der Waals surface area (Å²) < 4.78 is 0. The molecular weight excluding hydrogens is 276 g/mol. The molecule has 2 nitrogen and oxygen atoms in total. The van der Waals surface area contributed by atoms with E-state index in [0.29, 0.717) is 16.4 Å². The first-order valence-electron chi connectivity index (χ1n) is 8.47. The Morgan fingerprint density at radius 3 is 2.29 bits per heavy atom. The Hall–Kier alpha value is -0.410. The Labute approximate surface area is 132 Å². The molecule has 21 heavy (non-hydrogen) atoms. The van der Waals surface area contributed by atoms with Gasteiger partial charge in [0.25, 0.3) is 0 Å². The predicted molar refractivity (Wildman–Crippen MR) is 88.6 cm³/mol. The average Bonchev–Trinajstić information content (AvgIpc) is 2.62. The quantitative estimate of drug-likeness (QED) is 0.883. The lowest BCUT2D eigenvalue weighted by Gasteiger charge is -2.65. The maximum absolute atomic E-state index is 4.72. The summed E-state index contributed by atoms with van der Waals surface area (Å²) in [6.45, 7) is 10.4. The Bertz CT molecular complexity index is 538. The number of hydrogen-bond acceptors (Lipinski definition) is 3. The molecule has 116 valence electrons. The van der Waals surface area contributed by atoms with Crippen LogP contribution in [0.1, 0.15) is 68.0 Å². The summed E-state index contributed by atoms with van der Waals surface area (Å²) in [5.74, 6) is 0.962. The van der Waals surface area contributed by atoms with Crippen LogP contribution < -0.4 is 5.32 Å². The number of nitrogens with one attached hydrogen (secondary N) is 1. The second kappa shape index (κ2) is 4.32. The number of aryl methyl sites for hydroxylation is 2. The van der Waals surface area contributed by atoms with Gasteiger partial charge in [-0.1, -0.05) is 13.8 Å². The smallest absolute Gasteiger partial charge is 0.107 e. The van der Waals surface area contributed by atoms with Gasteiger partial charge in [0.2, 0.25) is 0 Å². The van der Waals surface area contributed by atoms with Crippen LogP contribution in [0.5, 0.6) is 0 Å². The van der Waals surface area contributed by atoms with Crippen molar-refractivity contribution in [3.63, 3.8) is 0 Å². The summed E-state index contributed by atoms with van der Waals surface area (Å²) in [5, 5.41) is 5.26. The zero-order valence-corrected chi connectivity index (χ0v) is 14.7. The van der Waals surface area contributed by atoms with E-state index in [9.17, 15) is 0 Å². The molecule has 4 fully saturated rings. The van der Waals surface area contributed by atoms with Crippen LogP contribution in [-0.4, -0.2) is 10.5 Å².